The van der Waals surface area contributed by atoms with Gasteiger partial charge >= 0.3 is 6.18 Å². The highest BCUT2D eigenvalue weighted by molar-refractivity contribution is 4.91. The quantitative estimate of drug-likeness (QED) is 0.791. The molecule has 0 aromatic heterocycles. The number of alkyl halides is 3. The van der Waals surface area contributed by atoms with E-state index in [2.05, 4.69) is 5.32 Å². The smallest absolute Gasteiger partial charge is 0.383 e. The fourth-order valence-corrected chi connectivity index (χ4v) is 2.67. The Bertz CT molecular complexity index is 269. The molecule has 1 saturated carbocycles. The summed E-state index contributed by atoms with van der Waals surface area (Å²) >= 11 is 0. The lowest BCUT2D eigenvalue weighted by Crippen LogP contribution is -2.44. The number of rotatable bonds is 6. The third kappa shape index (κ3) is 4.40. The highest BCUT2D eigenvalue weighted by Crippen LogP contribution is 2.33. The van der Waals surface area contributed by atoms with Crippen LogP contribution in [0, 0.1) is 5.92 Å². The summed E-state index contributed by atoms with van der Waals surface area (Å²) in [5, 5.41) is 3.46. The molecule has 2 atom stereocenters. The van der Waals surface area contributed by atoms with Crippen molar-refractivity contribution in [2.24, 2.45) is 5.92 Å². The van der Waals surface area contributed by atoms with Crippen molar-refractivity contribution in [2.75, 3.05) is 33.4 Å². The fourth-order valence-electron chi connectivity index (χ4n) is 2.67. The minimum Gasteiger partial charge on any atom is -0.383 e. The maximum atomic E-state index is 12.3. The Morgan fingerprint density at radius 3 is 2.61 bits per heavy atom. The lowest BCUT2D eigenvalue weighted by Gasteiger charge is -2.23. The summed E-state index contributed by atoms with van der Waals surface area (Å²) in [5.41, 5.74) is 0. The van der Waals surface area contributed by atoms with Crippen LogP contribution >= 0.6 is 0 Å². The third-order valence-electron chi connectivity index (χ3n) is 3.66. The number of halogens is 3. The largest absolute Gasteiger partial charge is 0.401 e. The molecule has 1 N–H and O–H groups in total. The molecule has 0 aromatic carbocycles. The van der Waals surface area contributed by atoms with Gasteiger partial charge in [-0.2, -0.15) is 13.2 Å². The van der Waals surface area contributed by atoms with Crippen LogP contribution in [0.3, 0.4) is 0 Å². The predicted octanol–water partition coefficient (Wildman–Crippen LogP) is 1.64. The predicted molar refractivity (Wildman–Crippen MR) is 62.4 cm³/mol. The molecule has 2 rings (SSSR count). The highest BCUT2D eigenvalue weighted by Gasteiger charge is 2.37. The van der Waals surface area contributed by atoms with Crippen LogP contribution in [-0.2, 0) is 4.74 Å². The second kappa shape index (κ2) is 5.75. The molecular formula is C12H21F3N2O. The fraction of sp³-hybridized carbons (Fsp3) is 1.00. The van der Waals surface area contributed by atoms with Crippen molar-refractivity contribution in [3.63, 3.8) is 0 Å². The molecule has 1 aliphatic heterocycles. The molecule has 2 fully saturated rings. The molecule has 1 aliphatic carbocycles. The first-order valence-electron chi connectivity index (χ1n) is 6.52. The summed E-state index contributed by atoms with van der Waals surface area (Å²) in [7, 11) is 1.67. The summed E-state index contributed by atoms with van der Waals surface area (Å²) < 4.78 is 42.0. The standard InChI is InChI=1S/C12H21F3N2O/c1-18-7-11(9-2-3-9)16-10-4-5-17(6-10)8-12(13,14)15/h9-11,16H,2-8H2,1H3/t10-,11+/m1/s1. The second-order valence-electron chi connectivity index (χ2n) is 5.40. The van der Waals surface area contributed by atoms with Crippen LogP contribution in [0.25, 0.3) is 0 Å². The van der Waals surface area contributed by atoms with Gasteiger partial charge in [0, 0.05) is 32.3 Å². The van der Waals surface area contributed by atoms with E-state index in [-0.39, 0.29) is 6.04 Å². The first-order valence-corrected chi connectivity index (χ1v) is 6.52. The minimum absolute atomic E-state index is 0.174. The average molecular weight is 266 g/mol. The maximum absolute atomic E-state index is 12.3. The van der Waals surface area contributed by atoms with E-state index in [1.807, 2.05) is 0 Å². The first kappa shape index (κ1) is 14.1. The van der Waals surface area contributed by atoms with Gasteiger partial charge in [-0.1, -0.05) is 0 Å². The van der Waals surface area contributed by atoms with Gasteiger partial charge in [-0.05, 0) is 25.2 Å². The third-order valence-corrected chi connectivity index (χ3v) is 3.66. The Hall–Kier alpha value is -0.330. The molecule has 0 amide bonds. The molecule has 6 heteroatoms. The van der Waals surface area contributed by atoms with Crippen LogP contribution in [0.4, 0.5) is 13.2 Å². The molecule has 1 saturated heterocycles. The average Bonchev–Trinajstić information content (AvgIpc) is 3.00. The van der Waals surface area contributed by atoms with Crippen molar-refractivity contribution in [1.82, 2.24) is 10.2 Å². The zero-order chi connectivity index (χ0) is 13.2. The van der Waals surface area contributed by atoms with E-state index in [1.165, 1.54) is 17.7 Å². The summed E-state index contributed by atoms with van der Waals surface area (Å²) in [4.78, 5) is 1.48. The van der Waals surface area contributed by atoms with Gasteiger partial charge in [0.25, 0.3) is 0 Å². The maximum Gasteiger partial charge on any atom is 0.401 e. The Balaban J connectivity index is 1.74. The zero-order valence-corrected chi connectivity index (χ0v) is 10.7. The van der Waals surface area contributed by atoms with Crippen molar-refractivity contribution in [3.05, 3.63) is 0 Å². The molecule has 0 bridgehead atoms. The number of ether oxygens (including phenoxy) is 1. The lowest BCUT2D eigenvalue weighted by molar-refractivity contribution is -0.143. The first-order chi connectivity index (χ1) is 8.48. The van der Waals surface area contributed by atoms with E-state index in [0.717, 1.165) is 6.42 Å². The van der Waals surface area contributed by atoms with Gasteiger partial charge in [0.1, 0.15) is 0 Å². The number of likely N-dealkylation sites (tertiary alicyclic amines) is 1. The Kier molecular flexibility index (Phi) is 4.50. The molecule has 18 heavy (non-hydrogen) atoms. The van der Waals surface area contributed by atoms with Crippen LogP contribution < -0.4 is 5.32 Å². The van der Waals surface area contributed by atoms with E-state index in [0.29, 0.717) is 31.7 Å². The molecule has 0 radical (unpaired) electrons. The van der Waals surface area contributed by atoms with Gasteiger partial charge in [-0.25, -0.2) is 0 Å². The highest BCUT2D eigenvalue weighted by atomic mass is 19.4. The molecule has 0 unspecified atom stereocenters. The monoisotopic (exact) mass is 266 g/mol. The van der Waals surface area contributed by atoms with E-state index in [1.54, 1.807) is 7.11 Å². The number of hydrogen-bond acceptors (Lipinski definition) is 3. The Morgan fingerprint density at radius 2 is 2.06 bits per heavy atom. The van der Waals surface area contributed by atoms with Crippen molar-refractivity contribution < 1.29 is 17.9 Å². The van der Waals surface area contributed by atoms with Gasteiger partial charge in [0.15, 0.2) is 0 Å². The van der Waals surface area contributed by atoms with Crippen LogP contribution in [0.5, 0.6) is 0 Å². The summed E-state index contributed by atoms with van der Waals surface area (Å²) in [6.07, 6.45) is -0.875. The Labute approximate surface area is 106 Å². The van der Waals surface area contributed by atoms with Crippen LogP contribution in [0.1, 0.15) is 19.3 Å². The van der Waals surface area contributed by atoms with Gasteiger partial charge in [-0.3, -0.25) is 4.90 Å². The SMILES string of the molecule is COC[C@H](N[C@@H]1CCN(CC(F)(F)F)C1)C1CC1. The number of methoxy groups -OCH3 is 1. The van der Waals surface area contributed by atoms with Crippen molar-refractivity contribution in [1.29, 1.82) is 0 Å². The number of nitrogens with zero attached hydrogens (tertiary/aromatic N) is 1. The molecule has 1 heterocycles. The second-order valence-corrected chi connectivity index (χ2v) is 5.40. The van der Waals surface area contributed by atoms with E-state index < -0.39 is 12.7 Å². The topological polar surface area (TPSA) is 24.5 Å². The molecule has 0 spiro atoms. The van der Waals surface area contributed by atoms with Crippen LogP contribution in [0.2, 0.25) is 0 Å². The normalized spacial score (nSPS) is 27.7. The molecule has 2 aliphatic rings. The summed E-state index contributed by atoms with van der Waals surface area (Å²) in [5.74, 6) is 0.654. The summed E-state index contributed by atoms with van der Waals surface area (Å²) in [6, 6.07) is 0.485. The Morgan fingerprint density at radius 1 is 1.33 bits per heavy atom. The minimum atomic E-state index is -4.09. The van der Waals surface area contributed by atoms with Crippen molar-refractivity contribution in [3.8, 4) is 0 Å². The van der Waals surface area contributed by atoms with E-state index in [4.69, 9.17) is 4.74 Å². The lowest BCUT2D eigenvalue weighted by atomic mass is 10.1. The van der Waals surface area contributed by atoms with Crippen LogP contribution in [0.15, 0.2) is 0 Å². The molecule has 3 nitrogen and oxygen atoms in total. The van der Waals surface area contributed by atoms with Crippen molar-refractivity contribution in [2.45, 2.75) is 37.5 Å². The molecular weight excluding hydrogens is 245 g/mol. The van der Waals surface area contributed by atoms with E-state index >= 15 is 0 Å². The van der Waals surface area contributed by atoms with Gasteiger partial charge in [-0.15, -0.1) is 0 Å². The van der Waals surface area contributed by atoms with Gasteiger partial charge in [0.2, 0.25) is 0 Å². The molecule has 106 valence electrons. The number of hydrogen-bond donors (Lipinski definition) is 1. The number of nitrogens with one attached hydrogen (secondary N) is 1. The zero-order valence-electron chi connectivity index (χ0n) is 10.7. The van der Waals surface area contributed by atoms with Gasteiger partial charge in [0.05, 0.1) is 13.2 Å². The summed E-state index contributed by atoms with van der Waals surface area (Å²) in [6.45, 7) is 0.887. The van der Waals surface area contributed by atoms with E-state index in [9.17, 15) is 13.2 Å². The molecule has 0 aromatic rings. The van der Waals surface area contributed by atoms with Crippen molar-refractivity contribution >= 4 is 0 Å². The van der Waals surface area contributed by atoms with Crippen LogP contribution in [-0.4, -0.2) is 56.5 Å². The van der Waals surface area contributed by atoms with Gasteiger partial charge < -0.3 is 10.1 Å².